The normalized spacial score (nSPS) is 24.6. The quantitative estimate of drug-likeness (QED) is 0.555. The Kier molecular flexibility index (Phi) is 2.65. The van der Waals surface area contributed by atoms with Gasteiger partial charge in [-0.05, 0) is 6.42 Å². The number of hydrogen-bond acceptors (Lipinski definition) is 3. The molecule has 10 heavy (non-hydrogen) atoms. The lowest BCUT2D eigenvalue weighted by molar-refractivity contribution is -0.549. The maximum atomic E-state index is 4.72. The Morgan fingerprint density at radius 2 is 1.90 bits per heavy atom. The second kappa shape index (κ2) is 3.32. The monoisotopic (exact) mass is 146 g/mol. The fourth-order valence-corrected chi connectivity index (χ4v) is 1.16. The van der Waals surface area contributed by atoms with E-state index < -0.39 is 0 Å². The van der Waals surface area contributed by atoms with Gasteiger partial charge in [-0.15, -0.1) is 0 Å². The summed E-state index contributed by atoms with van der Waals surface area (Å²) in [5.41, 5.74) is 0.160. The van der Waals surface area contributed by atoms with E-state index in [9.17, 15) is 0 Å². The van der Waals surface area contributed by atoms with Crippen LogP contribution < -0.4 is 0 Å². The molecular weight excluding hydrogens is 132 g/mol. The molecule has 0 unspecified atom stereocenters. The predicted octanol–water partition coefficient (Wildman–Crippen LogP) is 1.69. The Balaban J connectivity index is 2.32. The van der Waals surface area contributed by atoms with E-state index in [0.717, 1.165) is 12.8 Å². The first-order chi connectivity index (χ1) is 4.77. The predicted molar refractivity (Wildman–Crippen MR) is 36.0 cm³/mol. The van der Waals surface area contributed by atoms with Crippen LogP contribution in [0.25, 0.3) is 0 Å². The topological polar surface area (TPSA) is 27.7 Å². The van der Waals surface area contributed by atoms with Gasteiger partial charge < -0.3 is 0 Å². The Bertz CT molecular complexity index is 91.5. The fourth-order valence-electron chi connectivity index (χ4n) is 1.16. The SMILES string of the molecule is CCCC1(C)COOOC1. The minimum absolute atomic E-state index is 0.160. The Morgan fingerprint density at radius 3 is 2.40 bits per heavy atom. The summed E-state index contributed by atoms with van der Waals surface area (Å²) in [6, 6.07) is 0. The van der Waals surface area contributed by atoms with E-state index >= 15 is 0 Å². The van der Waals surface area contributed by atoms with Crippen molar-refractivity contribution in [3.63, 3.8) is 0 Å². The van der Waals surface area contributed by atoms with Crippen LogP contribution in [0.3, 0.4) is 0 Å². The van der Waals surface area contributed by atoms with E-state index in [2.05, 4.69) is 18.9 Å². The highest BCUT2D eigenvalue weighted by Gasteiger charge is 2.28. The Hall–Kier alpha value is -0.120. The van der Waals surface area contributed by atoms with Crippen molar-refractivity contribution in [1.82, 2.24) is 0 Å². The Morgan fingerprint density at radius 1 is 1.30 bits per heavy atom. The van der Waals surface area contributed by atoms with Crippen LogP contribution in [0.1, 0.15) is 26.7 Å². The highest BCUT2D eigenvalue weighted by Crippen LogP contribution is 2.26. The van der Waals surface area contributed by atoms with Crippen LogP contribution in [0.4, 0.5) is 0 Å². The molecule has 3 heteroatoms. The standard InChI is InChI=1S/C7H14O3/c1-3-4-7(2)5-8-10-9-6-7/h3-6H2,1-2H3. The molecule has 0 amide bonds. The first-order valence-electron chi connectivity index (χ1n) is 3.68. The summed E-state index contributed by atoms with van der Waals surface area (Å²) >= 11 is 0. The molecule has 0 radical (unpaired) electrons. The molecule has 0 saturated carbocycles. The molecule has 0 atom stereocenters. The van der Waals surface area contributed by atoms with Gasteiger partial charge in [0.2, 0.25) is 0 Å². The summed E-state index contributed by atoms with van der Waals surface area (Å²) in [5.74, 6) is 0. The molecule has 1 heterocycles. The van der Waals surface area contributed by atoms with Crippen molar-refractivity contribution < 1.29 is 14.8 Å². The molecule has 0 aromatic carbocycles. The highest BCUT2D eigenvalue weighted by molar-refractivity contribution is 4.72. The van der Waals surface area contributed by atoms with E-state index in [-0.39, 0.29) is 5.41 Å². The molecule has 0 aliphatic carbocycles. The van der Waals surface area contributed by atoms with Crippen molar-refractivity contribution in [3.05, 3.63) is 0 Å². The summed E-state index contributed by atoms with van der Waals surface area (Å²) in [5, 5.41) is 4.31. The van der Waals surface area contributed by atoms with Crippen molar-refractivity contribution >= 4 is 0 Å². The third-order valence-electron chi connectivity index (χ3n) is 1.76. The zero-order chi connectivity index (χ0) is 7.45. The zero-order valence-corrected chi connectivity index (χ0v) is 6.55. The van der Waals surface area contributed by atoms with Gasteiger partial charge in [-0.1, -0.05) is 25.3 Å². The van der Waals surface area contributed by atoms with Gasteiger partial charge in [-0.25, -0.2) is 9.78 Å². The first-order valence-corrected chi connectivity index (χ1v) is 3.68. The zero-order valence-electron chi connectivity index (χ0n) is 6.55. The van der Waals surface area contributed by atoms with Crippen LogP contribution in [0.15, 0.2) is 0 Å². The largest absolute Gasteiger partial charge is 0.206 e. The average Bonchev–Trinajstić information content (AvgIpc) is 1.89. The molecule has 0 bridgehead atoms. The molecule has 0 spiro atoms. The Labute approximate surface area is 61.1 Å². The number of rotatable bonds is 2. The summed E-state index contributed by atoms with van der Waals surface area (Å²) in [6.45, 7) is 5.57. The molecule has 0 aromatic rings. The second-order valence-corrected chi connectivity index (χ2v) is 3.15. The smallest absolute Gasteiger partial charge is 0.0930 e. The van der Waals surface area contributed by atoms with Gasteiger partial charge in [-0.2, -0.15) is 0 Å². The van der Waals surface area contributed by atoms with E-state index in [4.69, 9.17) is 9.78 Å². The maximum absolute atomic E-state index is 4.72. The van der Waals surface area contributed by atoms with Gasteiger partial charge in [-0.3, -0.25) is 0 Å². The van der Waals surface area contributed by atoms with Crippen LogP contribution >= 0.6 is 0 Å². The van der Waals surface area contributed by atoms with Crippen LogP contribution in [0.5, 0.6) is 0 Å². The van der Waals surface area contributed by atoms with Crippen molar-refractivity contribution in [1.29, 1.82) is 0 Å². The lowest BCUT2D eigenvalue weighted by Gasteiger charge is -2.30. The summed E-state index contributed by atoms with van der Waals surface area (Å²) in [4.78, 5) is 9.43. The summed E-state index contributed by atoms with van der Waals surface area (Å²) < 4.78 is 0. The molecule has 3 nitrogen and oxygen atoms in total. The van der Waals surface area contributed by atoms with Gasteiger partial charge in [0, 0.05) is 5.41 Å². The minimum atomic E-state index is 0.160. The third kappa shape index (κ3) is 1.94. The van der Waals surface area contributed by atoms with Crippen molar-refractivity contribution in [2.45, 2.75) is 26.7 Å². The van der Waals surface area contributed by atoms with E-state index in [1.807, 2.05) is 0 Å². The van der Waals surface area contributed by atoms with Crippen LogP contribution in [0.2, 0.25) is 0 Å². The van der Waals surface area contributed by atoms with E-state index in [0.29, 0.717) is 13.2 Å². The average molecular weight is 146 g/mol. The molecular formula is C7H14O3. The van der Waals surface area contributed by atoms with Gasteiger partial charge in [0.15, 0.2) is 0 Å². The molecule has 1 rings (SSSR count). The highest BCUT2D eigenvalue weighted by atomic mass is 17.5. The first kappa shape index (κ1) is 7.98. The molecule has 1 saturated heterocycles. The molecule has 60 valence electrons. The van der Waals surface area contributed by atoms with Crippen molar-refractivity contribution in [3.8, 4) is 0 Å². The van der Waals surface area contributed by atoms with Gasteiger partial charge in [0.05, 0.1) is 13.2 Å². The molecule has 1 aliphatic heterocycles. The van der Waals surface area contributed by atoms with Gasteiger partial charge in [0.1, 0.15) is 0 Å². The van der Waals surface area contributed by atoms with E-state index in [1.165, 1.54) is 0 Å². The summed E-state index contributed by atoms with van der Waals surface area (Å²) in [6.07, 6.45) is 2.28. The molecule has 0 aromatic heterocycles. The number of hydrogen-bond donors (Lipinski definition) is 0. The fraction of sp³-hybridized carbons (Fsp3) is 1.00. The molecule has 1 fully saturated rings. The third-order valence-corrected chi connectivity index (χ3v) is 1.76. The summed E-state index contributed by atoms with van der Waals surface area (Å²) in [7, 11) is 0. The lowest BCUT2D eigenvalue weighted by Crippen LogP contribution is -2.33. The van der Waals surface area contributed by atoms with Gasteiger partial charge >= 0.3 is 0 Å². The van der Waals surface area contributed by atoms with Crippen LogP contribution in [0, 0.1) is 5.41 Å². The van der Waals surface area contributed by atoms with Crippen LogP contribution in [-0.4, -0.2) is 13.2 Å². The second-order valence-electron chi connectivity index (χ2n) is 3.15. The van der Waals surface area contributed by atoms with Crippen LogP contribution in [-0.2, 0) is 14.8 Å². The maximum Gasteiger partial charge on any atom is 0.0930 e. The van der Waals surface area contributed by atoms with E-state index in [1.54, 1.807) is 0 Å². The van der Waals surface area contributed by atoms with Gasteiger partial charge in [0.25, 0.3) is 0 Å². The molecule has 1 aliphatic rings. The lowest BCUT2D eigenvalue weighted by atomic mass is 9.88. The minimum Gasteiger partial charge on any atom is -0.206 e. The van der Waals surface area contributed by atoms with Crippen molar-refractivity contribution in [2.75, 3.05) is 13.2 Å². The van der Waals surface area contributed by atoms with Crippen molar-refractivity contribution in [2.24, 2.45) is 5.41 Å². The molecule has 0 N–H and O–H groups in total.